The summed E-state index contributed by atoms with van der Waals surface area (Å²) in [6.45, 7) is 12.2. The molecule has 1 N–H and O–H groups in total. The van der Waals surface area contributed by atoms with Crippen LogP contribution in [0.15, 0.2) is 0 Å². The lowest BCUT2D eigenvalue weighted by molar-refractivity contribution is 0.613. The van der Waals surface area contributed by atoms with Crippen LogP contribution >= 0.6 is 11.3 Å². The van der Waals surface area contributed by atoms with Crippen molar-refractivity contribution >= 4 is 16.5 Å². The smallest absolute Gasteiger partial charge is 0.186 e. The summed E-state index contributed by atoms with van der Waals surface area (Å²) < 4.78 is 0. The lowest BCUT2D eigenvalue weighted by atomic mass is 10.1. The van der Waals surface area contributed by atoms with Crippen molar-refractivity contribution in [1.82, 2.24) is 10.3 Å². The monoisotopic (exact) mass is 295 g/mol. The Labute approximate surface area is 127 Å². The molecule has 1 aromatic rings. The number of anilines is 1. The fourth-order valence-electron chi connectivity index (χ4n) is 2.85. The normalized spacial score (nSPS) is 20.4. The molecule has 20 heavy (non-hydrogen) atoms. The molecule has 0 bridgehead atoms. The maximum Gasteiger partial charge on any atom is 0.186 e. The van der Waals surface area contributed by atoms with E-state index in [2.05, 4.69) is 37.9 Å². The van der Waals surface area contributed by atoms with E-state index in [1.807, 2.05) is 11.3 Å². The van der Waals surface area contributed by atoms with Gasteiger partial charge in [-0.1, -0.05) is 33.6 Å². The summed E-state index contributed by atoms with van der Waals surface area (Å²) in [5, 5.41) is 4.70. The zero-order valence-electron chi connectivity index (χ0n) is 13.4. The second kappa shape index (κ2) is 7.41. The highest BCUT2D eigenvalue weighted by atomic mass is 32.1. The third-order valence-electron chi connectivity index (χ3n) is 4.10. The van der Waals surface area contributed by atoms with Crippen molar-refractivity contribution in [1.29, 1.82) is 0 Å². The van der Waals surface area contributed by atoms with Gasteiger partial charge in [-0.05, 0) is 32.2 Å². The Kier molecular flexibility index (Phi) is 5.85. The molecule has 0 spiro atoms. The molecule has 114 valence electrons. The Morgan fingerprint density at radius 3 is 2.85 bits per heavy atom. The Bertz CT molecular complexity index is 414. The summed E-state index contributed by atoms with van der Waals surface area (Å²) in [6, 6.07) is 0.635. The van der Waals surface area contributed by atoms with Gasteiger partial charge in [0.15, 0.2) is 5.13 Å². The van der Waals surface area contributed by atoms with E-state index in [-0.39, 0.29) is 0 Å². The van der Waals surface area contributed by atoms with Crippen LogP contribution in [0.5, 0.6) is 0 Å². The van der Waals surface area contributed by atoms with Crippen LogP contribution in [0.4, 0.5) is 5.13 Å². The van der Waals surface area contributed by atoms with Gasteiger partial charge in [-0.15, -0.1) is 11.3 Å². The molecule has 1 saturated heterocycles. The van der Waals surface area contributed by atoms with Crippen molar-refractivity contribution in [2.24, 2.45) is 0 Å². The third-order valence-corrected chi connectivity index (χ3v) is 5.21. The Hall–Kier alpha value is -0.610. The minimum Gasteiger partial charge on any atom is -0.345 e. The highest BCUT2D eigenvalue weighted by Gasteiger charge is 2.22. The van der Waals surface area contributed by atoms with Crippen molar-refractivity contribution in [3.05, 3.63) is 10.6 Å². The van der Waals surface area contributed by atoms with Crippen LogP contribution in [-0.2, 0) is 6.54 Å². The SMILES string of the molecule is CCNCc1sc(N2CCCCCC2C)nc1C(C)C. The van der Waals surface area contributed by atoms with Crippen LogP contribution in [-0.4, -0.2) is 24.1 Å². The van der Waals surface area contributed by atoms with Crippen molar-refractivity contribution in [3.8, 4) is 0 Å². The van der Waals surface area contributed by atoms with Crippen LogP contribution < -0.4 is 10.2 Å². The minimum atomic E-state index is 0.510. The molecule has 1 aliphatic rings. The van der Waals surface area contributed by atoms with Crippen molar-refractivity contribution in [3.63, 3.8) is 0 Å². The largest absolute Gasteiger partial charge is 0.345 e. The molecule has 1 aromatic heterocycles. The summed E-state index contributed by atoms with van der Waals surface area (Å²) >= 11 is 1.90. The third kappa shape index (κ3) is 3.73. The molecule has 0 radical (unpaired) electrons. The lowest BCUT2D eigenvalue weighted by Crippen LogP contribution is -2.32. The maximum absolute atomic E-state index is 4.98. The molecule has 3 nitrogen and oxygen atoms in total. The molecule has 2 rings (SSSR count). The number of thiazole rings is 1. The fraction of sp³-hybridized carbons (Fsp3) is 0.812. The van der Waals surface area contributed by atoms with Gasteiger partial charge in [-0.25, -0.2) is 4.98 Å². The van der Waals surface area contributed by atoms with E-state index in [0.717, 1.165) is 13.1 Å². The van der Waals surface area contributed by atoms with E-state index in [1.165, 1.54) is 47.9 Å². The molecule has 0 aliphatic carbocycles. The molecule has 1 unspecified atom stereocenters. The Morgan fingerprint density at radius 1 is 1.35 bits per heavy atom. The fourth-order valence-corrected chi connectivity index (χ4v) is 4.16. The molecule has 4 heteroatoms. The summed E-state index contributed by atoms with van der Waals surface area (Å²) in [5.74, 6) is 0.510. The van der Waals surface area contributed by atoms with Gasteiger partial charge >= 0.3 is 0 Å². The molecular formula is C16H29N3S. The molecule has 1 aliphatic heterocycles. The van der Waals surface area contributed by atoms with E-state index in [4.69, 9.17) is 4.98 Å². The van der Waals surface area contributed by atoms with E-state index in [9.17, 15) is 0 Å². The predicted octanol–water partition coefficient (Wildman–Crippen LogP) is 4.14. The predicted molar refractivity (Wildman–Crippen MR) is 88.9 cm³/mol. The molecule has 0 saturated carbocycles. The Balaban J connectivity index is 2.22. The van der Waals surface area contributed by atoms with E-state index < -0.39 is 0 Å². The molecule has 0 amide bonds. The summed E-state index contributed by atoms with van der Waals surface area (Å²) in [7, 11) is 0. The standard InChI is InChI=1S/C16H29N3S/c1-5-17-11-14-15(12(2)3)18-16(20-14)19-10-8-6-7-9-13(19)4/h12-13,17H,5-11H2,1-4H3. The van der Waals surface area contributed by atoms with Crippen molar-refractivity contribution in [2.45, 2.75) is 71.9 Å². The average molecular weight is 295 g/mol. The first-order valence-corrected chi connectivity index (χ1v) is 8.92. The van der Waals surface area contributed by atoms with Gasteiger partial charge in [0.25, 0.3) is 0 Å². The average Bonchev–Trinajstić information content (AvgIpc) is 2.72. The zero-order chi connectivity index (χ0) is 14.5. The van der Waals surface area contributed by atoms with Crippen LogP contribution in [0.1, 0.15) is 69.9 Å². The summed E-state index contributed by atoms with van der Waals surface area (Å²) in [6.07, 6.45) is 5.35. The van der Waals surface area contributed by atoms with Crippen LogP contribution in [0.3, 0.4) is 0 Å². The van der Waals surface area contributed by atoms with Crippen molar-refractivity contribution in [2.75, 3.05) is 18.0 Å². The summed E-state index contributed by atoms with van der Waals surface area (Å²) in [4.78, 5) is 8.95. The van der Waals surface area contributed by atoms with E-state index >= 15 is 0 Å². The van der Waals surface area contributed by atoms with Gasteiger partial charge in [-0.2, -0.15) is 0 Å². The lowest BCUT2D eigenvalue weighted by Gasteiger charge is -2.26. The van der Waals surface area contributed by atoms with Crippen LogP contribution in [0, 0.1) is 0 Å². The van der Waals surface area contributed by atoms with Gasteiger partial charge in [-0.3, -0.25) is 0 Å². The maximum atomic E-state index is 4.98. The summed E-state index contributed by atoms with van der Waals surface area (Å²) in [5.41, 5.74) is 1.29. The first-order valence-electron chi connectivity index (χ1n) is 8.10. The highest BCUT2D eigenvalue weighted by molar-refractivity contribution is 7.15. The molecular weight excluding hydrogens is 266 g/mol. The van der Waals surface area contributed by atoms with E-state index in [0.29, 0.717) is 12.0 Å². The molecule has 0 aromatic carbocycles. The number of rotatable bonds is 5. The number of nitrogens with one attached hydrogen (secondary N) is 1. The quantitative estimate of drug-likeness (QED) is 0.884. The van der Waals surface area contributed by atoms with Gasteiger partial charge in [0.05, 0.1) is 5.69 Å². The second-order valence-corrected chi connectivity index (χ2v) is 7.19. The molecule has 1 fully saturated rings. The van der Waals surface area contributed by atoms with Gasteiger partial charge in [0.2, 0.25) is 0 Å². The first kappa shape index (κ1) is 15.8. The number of hydrogen-bond acceptors (Lipinski definition) is 4. The number of hydrogen-bond donors (Lipinski definition) is 1. The number of aromatic nitrogens is 1. The topological polar surface area (TPSA) is 28.2 Å². The van der Waals surface area contributed by atoms with Crippen LogP contribution in [0.25, 0.3) is 0 Å². The van der Waals surface area contributed by atoms with Gasteiger partial charge < -0.3 is 10.2 Å². The number of nitrogens with zero attached hydrogens (tertiary/aromatic N) is 2. The zero-order valence-corrected chi connectivity index (χ0v) is 14.2. The molecule has 1 atom stereocenters. The van der Waals surface area contributed by atoms with Crippen molar-refractivity contribution < 1.29 is 0 Å². The van der Waals surface area contributed by atoms with Crippen LogP contribution in [0.2, 0.25) is 0 Å². The van der Waals surface area contributed by atoms with Gasteiger partial charge in [0.1, 0.15) is 0 Å². The molecule has 2 heterocycles. The van der Waals surface area contributed by atoms with Gasteiger partial charge in [0, 0.05) is 24.0 Å². The first-order chi connectivity index (χ1) is 9.63. The second-order valence-electron chi connectivity index (χ2n) is 6.13. The highest BCUT2D eigenvalue weighted by Crippen LogP contribution is 2.33. The minimum absolute atomic E-state index is 0.510. The Morgan fingerprint density at radius 2 is 2.15 bits per heavy atom. The van der Waals surface area contributed by atoms with E-state index in [1.54, 1.807) is 0 Å².